The quantitative estimate of drug-likeness (QED) is 0.656. The Morgan fingerprint density at radius 3 is 2.62 bits per heavy atom. The van der Waals surface area contributed by atoms with Crippen molar-refractivity contribution >= 4 is 11.6 Å². The van der Waals surface area contributed by atoms with Crippen molar-refractivity contribution in [2.24, 2.45) is 7.05 Å². The monoisotopic (exact) mass is 398 g/mol. The molecule has 0 spiro atoms. The minimum absolute atomic E-state index is 0.0364. The van der Waals surface area contributed by atoms with Gasteiger partial charge in [-0.25, -0.2) is 4.39 Å². The van der Waals surface area contributed by atoms with E-state index in [1.807, 2.05) is 31.0 Å². The van der Waals surface area contributed by atoms with E-state index in [2.05, 4.69) is 15.3 Å². The largest absolute Gasteiger partial charge is 0.419 e. The minimum atomic E-state index is -0.233. The topological polar surface area (TPSA) is 80.3 Å². The Balaban J connectivity index is 1.30. The lowest BCUT2D eigenvalue weighted by Gasteiger charge is -2.36. The van der Waals surface area contributed by atoms with E-state index < -0.39 is 0 Å². The predicted octanol–water partition coefficient (Wildman–Crippen LogP) is 2.20. The molecule has 29 heavy (non-hydrogen) atoms. The number of nitrogens with zero attached hydrogens (tertiary/aromatic N) is 6. The molecule has 1 saturated heterocycles. The third-order valence-electron chi connectivity index (χ3n) is 5.07. The number of halogens is 1. The molecule has 2 aromatic heterocycles. The molecular weight excluding hydrogens is 375 g/mol. The van der Waals surface area contributed by atoms with E-state index in [0.717, 1.165) is 11.4 Å². The molecule has 0 N–H and O–H groups in total. The van der Waals surface area contributed by atoms with Gasteiger partial charge in [-0.15, -0.1) is 10.2 Å². The maximum absolute atomic E-state index is 13.9. The first-order chi connectivity index (χ1) is 14.0. The highest BCUT2D eigenvalue weighted by Gasteiger charge is 2.23. The first kappa shape index (κ1) is 19.1. The highest BCUT2D eigenvalue weighted by molar-refractivity contribution is 5.76. The molecule has 0 unspecified atom stereocenters. The number of hydrogen-bond acceptors (Lipinski definition) is 6. The fourth-order valence-electron chi connectivity index (χ4n) is 3.55. The predicted molar refractivity (Wildman–Crippen MR) is 105 cm³/mol. The molecule has 4 rings (SSSR count). The van der Waals surface area contributed by atoms with Gasteiger partial charge < -0.3 is 14.2 Å². The molecule has 1 aliphatic heterocycles. The molecule has 3 heterocycles. The molecule has 3 aromatic rings. The van der Waals surface area contributed by atoms with Crippen molar-refractivity contribution in [1.29, 1.82) is 0 Å². The van der Waals surface area contributed by atoms with E-state index in [1.165, 1.54) is 6.07 Å². The van der Waals surface area contributed by atoms with E-state index in [9.17, 15) is 9.18 Å². The summed E-state index contributed by atoms with van der Waals surface area (Å²) in [6.07, 6.45) is 0.682. The number of carbonyl (C=O) groups is 1. The van der Waals surface area contributed by atoms with Crippen LogP contribution in [0.4, 0.5) is 10.1 Å². The van der Waals surface area contributed by atoms with Gasteiger partial charge in [0.2, 0.25) is 11.8 Å². The van der Waals surface area contributed by atoms with Gasteiger partial charge in [-0.2, -0.15) is 5.10 Å². The van der Waals surface area contributed by atoms with Crippen LogP contribution in [0.25, 0.3) is 11.6 Å². The van der Waals surface area contributed by atoms with Crippen molar-refractivity contribution in [3.63, 3.8) is 0 Å². The zero-order valence-corrected chi connectivity index (χ0v) is 16.5. The molecule has 1 aliphatic rings. The van der Waals surface area contributed by atoms with Gasteiger partial charge in [0.15, 0.2) is 0 Å². The zero-order chi connectivity index (χ0) is 20.4. The highest BCUT2D eigenvalue weighted by atomic mass is 19.1. The molecule has 0 radical (unpaired) electrons. The average Bonchev–Trinajstić information content (AvgIpc) is 3.32. The van der Waals surface area contributed by atoms with Gasteiger partial charge in [0.05, 0.1) is 11.4 Å². The first-order valence-electron chi connectivity index (χ1n) is 9.62. The average molecular weight is 398 g/mol. The summed E-state index contributed by atoms with van der Waals surface area (Å²) >= 11 is 0. The Labute approximate surface area is 167 Å². The Morgan fingerprint density at radius 2 is 1.93 bits per heavy atom. The fourth-order valence-corrected chi connectivity index (χ4v) is 3.55. The minimum Gasteiger partial charge on any atom is -0.419 e. The summed E-state index contributed by atoms with van der Waals surface area (Å²) in [5.41, 5.74) is 2.20. The van der Waals surface area contributed by atoms with Crippen LogP contribution >= 0.6 is 0 Å². The molecule has 9 heteroatoms. The van der Waals surface area contributed by atoms with E-state index in [0.29, 0.717) is 56.5 Å². The lowest BCUT2D eigenvalue weighted by atomic mass is 10.2. The zero-order valence-electron chi connectivity index (χ0n) is 16.5. The van der Waals surface area contributed by atoms with Crippen molar-refractivity contribution in [1.82, 2.24) is 24.9 Å². The maximum Gasteiger partial charge on any atom is 0.265 e. The molecule has 8 nitrogen and oxygen atoms in total. The number of aromatic nitrogens is 4. The number of amides is 1. The third kappa shape index (κ3) is 4.13. The summed E-state index contributed by atoms with van der Waals surface area (Å²) in [5.74, 6) is 0.628. The van der Waals surface area contributed by atoms with Crippen LogP contribution in [-0.4, -0.2) is 57.0 Å². The van der Waals surface area contributed by atoms with Crippen LogP contribution in [0.2, 0.25) is 0 Å². The number of para-hydroxylation sites is 1. The Hall–Kier alpha value is -3.23. The Kier molecular flexibility index (Phi) is 5.28. The molecule has 0 atom stereocenters. The van der Waals surface area contributed by atoms with Gasteiger partial charge in [0.25, 0.3) is 5.89 Å². The molecule has 1 amide bonds. The molecule has 1 aromatic carbocycles. The number of piperazine rings is 1. The van der Waals surface area contributed by atoms with E-state index in [4.69, 9.17) is 4.42 Å². The molecule has 0 aliphatic carbocycles. The summed E-state index contributed by atoms with van der Waals surface area (Å²) in [6, 6.07) is 8.60. The molecule has 1 fully saturated rings. The second kappa shape index (κ2) is 8.02. The molecule has 0 bridgehead atoms. The van der Waals surface area contributed by atoms with Crippen LogP contribution < -0.4 is 4.90 Å². The Morgan fingerprint density at radius 1 is 1.17 bits per heavy atom. The SMILES string of the molecule is Cc1cc(-c2nnc(CCC(=O)N3CCN(c4ccccc4F)CC3)o2)n(C)n1. The molecular formula is C20H23FN6O2. The summed E-state index contributed by atoms with van der Waals surface area (Å²) in [5, 5.41) is 12.4. The Bertz CT molecular complexity index is 1010. The summed E-state index contributed by atoms with van der Waals surface area (Å²) in [6.45, 7) is 4.24. The second-order valence-electron chi connectivity index (χ2n) is 7.11. The normalized spacial score (nSPS) is 14.4. The third-order valence-corrected chi connectivity index (χ3v) is 5.07. The fraction of sp³-hybridized carbons (Fsp3) is 0.400. The van der Waals surface area contributed by atoms with Crippen molar-refractivity contribution in [2.45, 2.75) is 19.8 Å². The standard InChI is InChI=1S/C20H23FN6O2/c1-14-13-17(25(2)24-14)20-23-22-18(29-20)7-8-19(28)27-11-9-26(10-12-27)16-6-4-3-5-15(16)21/h3-6,13H,7-12H2,1-2H3. The number of benzene rings is 1. The first-order valence-corrected chi connectivity index (χ1v) is 9.62. The van der Waals surface area contributed by atoms with Gasteiger partial charge >= 0.3 is 0 Å². The number of aryl methyl sites for hydroxylation is 3. The van der Waals surface area contributed by atoms with E-state index in [-0.39, 0.29) is 11.7 Å². The van der Waals surface area contributed by atoms with Crippen LogP contribution in [0.15, 0.2) is 34.7 Å². The van der Waals surface area contributed by atoms with Crippen molar-refractivity contribution < 1.29 is 13.6 Å². The summed E-state index contributed by atoms with van der Waals surface area (Å²) < 4.78 is 21.3. The molecule has 152 valence electrons. The van der Waals surface area contributed by atoms with Crippen molar-refractivity contribution in [3.05, 3.63) is 47.7 Å². The number of rotatable bonds is 5. The highest BCUT2D eigenvalue weighted by Crippen LogP contribution is 2.21. The van der Waals surface area contributed by atoms with Crippen LogP contribution in [0.1, 0.15) is 18.0 Å². The van der Waals surface area contributed by atoms with Crippen LogP contribution in [0, 0.1) is 12.7 Å². The number of hydrogen-bond donors (Lipinski definition) is 0. The number of anilines is 1. The summed E-state index contributed by atoms with van der Waals surface area (Å²) in [4.78, 5) is 16.3. The van der Waals surface area contributed by atoms with E-state index >= 15 is 0 Å². The van der Waals surface area contributed by atoms with Gasteiger partial charge in [-0.3, -0.25) is 9.48 Å². The van der Waals surface area contributed by atoms with Crippen molar-refractivity contribution in [2.75, 3.05) is 31.1 Å². The lowest BCUT2D eigenvalue weighted by molar-refractivity contribution is -0.131. The van der Waals surface area contributed by atoms with Crippen LogP contribution in [-0.2, 0) is 18.3 Å². The maximum atomic E-state index is 13.9. The van der Waals surface area contributed by atoms with Crippen LogP contribution in [0.5, 0.6) is 0 Å². The molecule has 0 saturated carbocycles. The van der Waals surface area contributed by atoms with Gasteiger partial charge in [0, 0.05) is 46.1 Å². The van der Waals surface area contributed by atoms with Gasteiger partial charge in [0.1, 0.15) is 11.5 Å². The number of carbonyl (C=O) groups excluding carboxylic acids is 1. The van der Waals surface area contributed by atoms with Crippen molar-refractivity contribution in [3.8, 4) is 11.6 Å². The second-order valence-corrected chi connectivity index (χ2v) is 7.11. The van der Waals surface area contributed by atoms with Gasteiger partial charge in [-0.05, 0) is 25.1 Å². The van der Waals surface area contributed by atoms with E-state index in [1.54, 1.807) is 21.7 Å². The summed E-state index contributed by atoms with van der Waals surface area (Å²) in [7, 11) is 1.82. The smallest absolute Gasteiger partial charge is 0.265 e. The van der Waals surface area contributed by atoms with Crippen LogP contribution in [0.3, 0.4) is 0 Å². The lowest BCUT2D eigenvalue weighted by Crippen LogP contribution is -2.49. The van der Waals surface area contributed by atoms with Gasteiger partial charge in [-0.1, -0.05) is 12.1 Å².